The molecular weight excluding hydrogens is 336 g/mol. The molecule has 27 heavy (non-hydrogen) atoms. The van der Waals surface area contributed by atoms with Crippen LogP contribution in [-0.4, -0.2) is 78.0 Å². The predicted molar refractivity (Wildman–Crippen MR) is 109 cm³/mol. The van der Waals surface area contributed by atoms with Crippen molar-refractivity contribution in [2.24, 2.45) is 0 Å². The summed E-state index contributed by atoms with van der Waals surface area (Å²) in [6.07, 6.45) is 5.32. The summed E-state index contributed by atoms with van der Waals surface area (Å²) in [6.45, 7) is 8.88. The number of benzene rings is 1. The van der Waals surface area contributed by atoms with Crippen LogP contribution in [0.25, 0.3) is 0 Å². The third kappa shape index (κ3) is 4.71. The average Bonchev–Trinajstić information content (AvgIpc) is 2.93. The Kier molecular flexibility index (Phi) is 6.11. The molecule has 3 saturated heterocycles. The lowest BCUT2D eigenvalue weighted by Gasteiger charge is -2.41. The molecule has 1 amide bonds. The molecule has 3 aliphatic rings. The minimum atomic E-state index is 0.220. The molecule has 3 fully saturated rings. The molecule has 2 atom stereocenters. The Morgan fingerprint density at radius 3 is 2.30 bits per heavy atom. The van der Waals surface area contributed by atoms with Crippen molar-refractivity contribution in [3.63, 3.8) is 0 Å². The van der Waals surface area contributed by atoms with Crippen LogP contribution in [0.2, 0.25) is 0 Å². The van der Waals surface area contributed by atoms with Gasteiger partial charge in [-0.05, 0) is 31.2 Å². The van der Waals surface area contributed by atoms with E-state index in [1.54, 1.807) is 6.92 Å². The topological polar surface area (TPSA) is 38.8 Å². The standard InChI is InChI=1S/C22H34N4O/c1-18(27)25-12-9-24(10-13-25)11-14-26-21-7-8-22(26)16-20(15-21)23-17-19-5-3-2-4-6-19/h2-6,20-23H,7-17H2,1H3. The summed E-state index contributed by atoms with van der Waals surface area (Å²) < 4.78 is 0. The first-order valence-electron chi connectivity index (χ1n) is 10.7. The summed E-state index contributed by atoms with van der Waals surface area (Å²) in [6, 6.07) is 12.9. The maximum absolute atomic E-state index is 11.5. The molecule has 2 unspecified atom stereocenters. The number of nitrogens with one attached hydrogen (secondary N) is 1. The molecule has 1 aromatic rings. The van der Waals surface area contributed by atoms with E-state index >= 15 is 0 Å². The number of hydrogen-bond acceptors (Lipinski definition) is 4. The fraction of sp³-hybridized carbons (Fsp3) is 0.682. The summed E-state index contributed by atoms with van der Waals surface area (Å²) in [4.78, 5) is 18.8. The molecular formula is C22H34N4O. The molecule has 5 nitrogen and oxygen atoms in total. The lowest BCUT2D eigenvalue weighted by molar-refractivity contribution is -0.130. The van der Waals surface area contributed by atoms with Gasteiger partial charge in [0.2, 0.25) is 5.91 Å². The highest BCUT2D eigenvalue weighted by molar-refractivity contribution is 5.73. The van der Waals surface area contributed by atoms with Gasteiger partial charge >= 0.3 is 0 Å². The van der Waals surface area contributed by atoms with Gasteiger partial charge in [0.05, 0.1) is 0 Å². The van der Waals surface area contributed by atoms with Crippen LogP contribution in [0.15, 0.2) is 30.3 Å². The monoisotopic (exact) mass is 370 g/mol. The number of piperidine rings is 1. The molecule has 3 aliphatic heterocycles. The number of hydrogen-bond donors (Lipinski definition) is 1. The summed E-state index contributed by atoms with van der Waals surface area (Å²) in [5.41, 5.74) is 1.39. The molecule has 148 valence electrons. The van der Waals surface area contributed by atoms with Crippen molar-refractivity contribution in [2.75, 3.05) is 39.3 Å². The third-order valence-electron chi connectivity index (χ3n) is 6.81. The smallest absolute Gasteiger partial charge is 0.219 e. The van der Waals surface area contributed by atoms with E-state index in [9.17, 15) is 4.79 Å². The highest BCUT2D eigenvalue weighted by Crippen LogP contribution is 2.35. The van der Waals surface area contributed by atoms with E-state index in [0.717, 1.165) is 51.4 Å². The number of amides is 1. The number of nitrogens with zero attached hydrogens (tertiary/aromatic N) is 3. The van der Waals surface area contributed by atoms with Crippen LogP contribution >= 0.6 is 0 Å². The zero-order valence-corrected chi connectivity index (χ0v) is 16.6. The number of piperazine rings is 1. The first-order chi connectivity index (χ1) is 13.2. The van der Waals surface area contributed by atoms with Gasteiger partial charge < -0.3 is 10.2 Å². The van der Waals surface area contributed by atoms with E-state index in [0.29, 0.717) is 6.04 Å². The summed E-state index contributed by atoms with van der Waals surface area (Å²) >= 11 is 0. The van der Waals surface area contributed by atoms with Crippen LogP contribution in [0, 0.1) is 0 Å². The van der Waals surface area contributed by atoms with Crippen LogP contribution in [0.5, 0.6) is 0 Å². The SMILES string of the molecule is CC(=O)N1CCN(CCN2C3CCC2CC(NCc2ccccc2)C3)CC1. The molecule has 4 rings (SSSR count). The Morgan fingerprint density at radius 2 is 1.67 bits per heavy atom. The quantitative estimate of drug-likeness (QED) is 0.831. The highest BCUT2D eigenvalue weighted by atomic mass is 16.2. The highest BCUT2D eigenvalue weighted by Gasteiger charge is 2.40. The van der Waals surface area contributed by atoms with Crippen molar-refractivity contribution in [1.82, 2.24) is 20.0 Å². The molecule has 0 saturated carbocycles. The van der Waals surface area contributed by atoms with E-state index in [2.05, 4.69) is 45.4 Å². The van der Waals surface area contributed by atoms with Crippen LogP contribution in [0.4, 0.5) is 0 Å². The van der Waals surface area contributed by atoms with Gasteiger partial charge in [-0.2, -0.15) is 0 Å². The van der Waals surface area contributed by atoms with Crippen molar-refractivity contribution < 1.29 is 4.79 Å². The summed E-state index contributed by atoms with van der Waals surface area (Å²) in [5, 5.41) is 3.81. The first kappa shape index (κ1) is 18.9. The number of carbonyl (C=O) groups is 1. The Hall–Kier alpha value is -1.43. The second-order valence-corrected chi connectivity index (χ2v) is 8.51. The zero-order valence-electron chi connectivity index (χ0n) is 16.6. The molecule has 1 aromatic carbocycles. The second-order valence-electron chi connectivity index (χ2n) is 8.51. The Morgan fingerprint density at radius 1 is 1.00 bits per heavy atom. The number of fused-ring (bicyclic) bond motifs is 2. The minimum Gasteiger partial charge on any atom is -0.340 e. The van der Waals surface area contributed by atoms with E-state index in [-0.39, 0.29) is 5.91 Å². The molecule has 3 heterocycles. The van der Waals surface area contributed by atoms with Crippen molar-refractivity contribution in [3.05, 3.63) is 35.9 Å². The third-order valence-corrected chi connectivity index (χ3v) is 6.81. The Bertz CT molecular complexity index is 600. The molecule has 2 bridgehead atoms. The fourth-order valence-corrected chi connectivity index (χ4v) is 5.21. The lowest BCUT2D eigenvalue weighted by atomic mass is 9.97. The van der Waals surface area contributed by atoms with Crippen molar-refractivity contribution in [2.45, 2.75) is 57.3 Å². The molecule has 0 radical (unpaired) electrons. The molecule has 0 aromatic heterocycles. The number of rotatable bonds is 6. The van der Waals surface area contributed by atoms with E-state index in [1.165, 1.54) is 37.8 Å². The van der Waals surface area contributed by atoms with E-state index in [1.807, 2.05) is 4.90 Å². The lowest BCUT2D eigenvalue weighted by Crippen LogP contribution is -2.53. The molecule has 1 N–H and O–H groups in total. The van der Waals surface area contributed by atoms with Crippen LogP contribution in [-0.2, 0) is 11.3 Å². The predicted octanol–water partition coefficient (Wildman–Crippen LogP) is 1.94. The normalized spacial score (nSPS) is 29.2. The Balaban J connectivity index is 1.21. The van der Waals surface area contributed by atoms with Gasteiger partial charge in [-0.3, -0.25) is 14.6 Å². The van der Waals surface area contributed by atoms with Crippen LogP contribution < -0.4 is 5.32 Å². The molecule has 0 aliphatic carbocycles. The maximum Gasteiger partial charge on any atom is 0.219 e. The minimum absolute atomic E-state index is 0.220. The largest absolute Gasteiger partial charge is 0.340 e. The van der Waals surface area contributed by atoms with Gasteiger partial charge in [-0.1, -0.05) is 30.3 Å². The molecule has 5 heteroatoms. The van der Waals surface area contributed by atoms with Crippen molar-refractivity contribution in [1.29, 1.82) is 0 Å². The van der Waals surface area contributed by atoms with Gasteiger partial charge in [0, 0.05) is 70.9 Å². The summed E-state index contributed by atoms with van der Waals surface area (Å²) in [7, 11) is 0. The van der Waals surface area contributed by atoms with Gasteiger partial charge in [0.1, 0.15) is 0 Å². The van der Waals surface area contributed by atoms with Crippen molar-refractivity contribution >= 4 is 5.91 Å². The average molecular weight is 371 g/mol. The maximum atomic E-state index is 11.5. The van der Waals surface area contributed by atoms with Crippen molar-refractivity contribution in [3.8, 4) is 0 Å². The second kappa shape index (κ2) is 8.72. The van der Waals surface area contributed by atoms with Gasteiger partial charge in [-0.25, -0.2) is 0 Å². The summed E-state index contributed by atoms with van der Waals surface area (Å²) in [5.74, 6) is 0.220. The van der Waals surface area contributed by atoms with E-state index in [4.69, 9.17) is 0 Å². The fourth-order valence-electron chi connectivity index (χ4n) is 5.21. The first-order valence-corrected chi connectivity index (χ1v) is 10.7. The zero-order chi connectivity index (χ0) is 18.6. The Labute approximate surface area is 163 Å². The number of carbonyl (C=O) groups excluding carboxylic acids is 1. The van der Waals surface area contributed by atoms with E-state index < -0.39 is 0 Å². The van der Waals surface area contributed by atoms with Crippen LogP contribution in [0.1, 0.15) is 38.2 Å². The van der Waals surface area contributed by atoms with Gasteiger partial charge in [-0.15, -0.1) is 0 Å². The van der Waals surface area contributed by atoms with Crippen LogP contribution in [0.3, 0.4) is 0 Å². The molecule has 0 spiro atoms. The van der Waals surface area contributed by atoms with Gasteiger partial charge in [0.15, 0.2) is 0 Å². The van der Waals surface area contributed by atoms with Gasteiger partial charge in [0.25, 0.3) is 0 Å².